The van der Waals surface area contributed by atoms with Crippen LogP contribution in [0.4, 0.5) is 5.69 Å². The van der Waals surface area contributed by atoms with Gasteiger partial charge >= 0.3 is 0 Å². The molecule has 118 valence electrons. The van der Waals surface area contributed by atoms with Gasteiger partial charge in [-0.2, -0.15) is 0 Å². The van der Waals surface area contributed by atoms with Crippen LogP contribution in [-0.4, -0.2) is 19.1 Å². The third-order valence-electron chi connectivity index (χ3n) is 5.08. The van der Waals surface area contributed by atoms with E-state index in [0.29, 0.717) is 0 Å². The van der Waals surface area contributed by atoms with Crippen molar-refractivity contribution in [2.24, 2.45) is 5.92 Å². The van der Waals surface area contributed by atoms with Crippen LogP contribution in [0.3, 0.4) is 0 Å². The Morgan fingerprint density at radius 2 is 1.57 bits per heavy atom. The van der Waals surface area contributed by atoms with Gasteiger partial charge in [-0.15, -0.1) is 0 Å². The predicted molar refractivity (Wildman–Crippen MR) is 92.9 cm³/mol. The lowest BCUT2D eigenvalue weighted by atomic mass is 9.84. The average Bonchev–Trinajstić information content (AvgIpc) is 2.55. The van der Waals surface area contributed by atoms with Crippen LogP contribution in [0.25, 0.3) is 0 Å². The quantitative estimate of drug-likeness (QED) is 0.789. The summed E-state index contributed by atoms with van der Waals surface area (Å²) >= 11 is 0. The number of benzene rings is 1. The predicted octanol–water partition coefficient (Wildman–Crippen LogP) is 4.59. The Hall–Kier alpha value is -1.02. The zero-order valence-corrected chi connectivity index (χ0v) is 14.1. The highest BCUT2D eigenvalue weighted by atomic mass is 15.1. The Morgan fingerprint density at radius 1 is 0.952 bits per heavy atom. The number of anilines is 1. The summed E-state index contributed by atoms with van der Waals surface area (Å²) in [7, 11) is 0. The first-order valence-corrected chi connectivity index (χ1v) is 8.84. The van der Waals surface area contributed by atoms with Crippen LogP contribution in [0.15, 0.2) is 24.3 Å². The molecule has 0 heterocycles. The van der Waals surface area contributed by atoms with Crippen LogP contribution in [0.1, 0.15) is 58.4 Å². The maximum atomic E-state index is 3.75. The molecule has 0 unspecified atom stereocenters. The van der Waals surface area contributed by atoms with Gasteiger partial charge in [-0.1, -0.05) is 25.5 Å². The minimum atomic E-state index is 0.732. The van der Waals surface area contributed by atoms with Crippen LogP contribution < -0.4 is 10.2 Å². The van der Waals surface area contributed by atoms with E-state index in [1.54, 1.807) is 0 Å². The standard InChI is InChI=1S/C19H32N2/c1-4-16-7-11-18(12-8-16)20-15-17-9-13-19(14-10-17)21(5-2)6-3/h9-10,13-14,16,18,20H,4-8,11-12,15H2,1-3H3. The summed E-state index contributed by atoms with van der Waals surface area (Å²) in [4.78, 5) is 2.39. The Bertz CT molecular complexity index is 387. The second-order valence-electron chi connectivity index (χ2n) is 6.35. The topological polar surface area (TPSA) is 15.3 Å². The molecule has 0 saturated heterocycles. The van der Waals surface area contributed by atoms with Crippen molar-refractivity contribution in [3.63, 3.8) is 0 Å². The molecule has 2 rings (SSSR count). The molecule has 1 saturated carbocycles. The minimum absolute atomic E-state index is 0.732. The highest BCUT2D eigenvalue weighted by Gasteiger charge is 2.19. The SMILES string of the molecule is CCC1CCC(NCc2ccc(N(CC)CC)cc2)CC1. The van der Waals surface area contributed by atoms with E-state index in [0.717, 1.165) is 31.6 Å². The molecule has 21 heavy (non-hydrogen) atoms. The molecule has 2 nitrogen and oxygen atoms in total. The Kier molecular flexibility index (Phi) is 6.56. The van der Waals surface area contributed by atoms with E-state index in [-0.39, 0.29) is 0 Å². The van der Waals surface area contributed by atoms with Crippen LogP contribution >= 0.6 is 0 Å². The fourth-order valence-electron chi connectivity index (χ4n) is 3.45. The summed E-state index contributed by atoms with van der Waals surface area (Å²) in [5.41, 5.74) is 2.75. The summed E-state index contributed by atoms with van der Waals surface area (Å²) < 4.78 is 0. The van der Waals surface area contributed by atoms with Crippen molar-refractivity contribution in [3.8, 4) is 0 Å². The van der Waals surface area contributed by atoms with Gasteiger partial charge in [-0.3, -0.25) is 0 Å². The molecule has 0 radical (unpaired) electrons. The third kappa shape index (κ3) is 4.74. The maximum Gasteiger partial charge on any atom is 0.0366 e. The fraction of sp³-hybridized carbons (Fsp3) is 0.684. The summed E-state index contributed by atoms with van der Waals surface area (Å²) in [6.45, 7) is 9.93. The Morgan fingerprint density at radius 3 is 2.10 bits per heavy atom. The highest BCUT2D eigenvalue weighted by Crippen LogP contribution is 2.26. The van der Waals surface area contributed by atoms with E-state index in [4.69, 9.17) is 0 Å². The molecule has 1 N–H and O–H groups in total. The lowest BCUT2D eigenvalue weighted by molar-refractivity contribution is 0.285. The van der Waals surface area contributed by atoms with Crippen molar-refractivity contribution in [3.05, 3.63) is 29.8 Å². The number of hydrogen-bond donors (Lipinski definition) is 1. The van der Waals surface area contributed by atoms with Crippen LogP contribution in [0.5, 0.6) is 0 Å². The molecule has 1 aliphatic rings. The van der Waals surface area contributed by atoms with Crippen LogP contribution in [0.2, 0.25) is 0 Å². The zero-order chi connectivity index (χ0) is 15.1. The van der Waals surface area contributed by atoms with E-state index in [2.05, 4.69) is 55.3 Å². The first-order valence-electron chi connectivity index (χ1n) is 8.84. The van der Waals surface area contributed by atoms with E-state index in [1.807, 2.05) is 0 Å². The first kappa shape index (κ1) is 16.4. The minimum Gasteiger partial charge on any atom is -0.372 e. The Labute approximate surface area is 130 Å². The van der Waals surface area contributed by atoms with E-state index >= 15 is 0 Å². The molecule has 1 fully saturated rings. The summed E-state index contributed by atoms with van der Waals surface area (Å²) in [6, 6.07) is 9.81. The molecule has 1 aliphatic carbocycles. The molecular formula is C19H32N2. The van der Waals surface area contributed by atoms with Crippen LogP contribution in [-0.2, 0) is 6.54 Å². The molecule has 0 spiro atoms. The molecule has 0 amide bonds. The van der Waals surface area contributed by atoms with Crippen molar-refractivity contribution in [2.75, 3.05) is 18.0 Å². The second kappa shape index (κ2) is 8.43. The molecule has 0 aromatic heterocycles. The average molecular weight is 288 g/mol. The first-order chi connectivity index (χ1) is 10.3. The van der Waals surface area contributed by atoms with Crippen molar-refractivity contribution < 1.29 is 0 Å². The monoisotopic (exact) mass is 288 g/mol. The van der Waals surface area contributed by atoms with Crippen molar-refractivity contribution in [1.82, 2.24) is 5.32 Å². The van der Waals surface area contributed by atoms with Gasteiger partial charge in [0.1, 0.15) is 0 Å². The van der Waals surface area contributed by atoms with Gasteiger partial charge in [-0.25, -0.2) is 0 Å². The molecular weight excluding hydrogens is 256 g/mol. The smallest absolute Gasteiger partial charge is 0.0366 e. The largest absolute Gasteiger partial charge is 0.372 e. The summed E-state index contributed by atoms with van der Waals surface area (Å²) in [6.07, 6.45) is 6.90. The van der Waals surface area contributed by atoms with Gasteiger partial charge in [-0.05, 0) is 63.1 Å². The lowest BCUT2D eigenvalue weighted by Crippen LogP contribution is -2.32. The molecule has 2 heteroatoms. The number of rotatable bonds is 7. The highest BCUT2D eigenvalue weighted by molar-refractivity contribution is 5.47. The number of nitrogens with one attached hydrogen (secondary N) is 1. The molecule has 0 aliphatic heterocycles. The van der Waals surface area contributed by atoms with Crippen molar-refractivity contribution in [2.45, 2.75) is 65.5 Å². The maximum absolute atomic E-state index is 3.75. The molecule has 0 atom stereocenters. The van der Waals surface area contributed by atoms with Gasteiger partial charge in [0.2, 0.25) is 0 Å². The third-order valence-corrected chi connectivity index (χ3v) is 5.08. The molecule has 0 bridgehead atoms. The Balaban J connectivity index is 1.79. The number of nitrogens with zero attached hydrogens (tertiary/aromatic N) is 1. The van der Waals surface area contributed by atoms with Crippen molar-refractivity contribution in [1.29, 1.82) is 0 Å². The fourth-order valence-corrected chi connectivity index (χ4v) is 3.45. The van der Waals surface area contributed by atoms with Gasteiger partial charge in [0.05, 0.1) is 0 Å². The zero-order valence-electron chi connectivity index (χ0n) is 14.1. The van der Waals surface area contributed by atoms with Gasteiger partial charge in [0.15, 0.2) is 0 Å². The van der Waals surface area contributed by atoms with Crippen LogP contribution in [0, 0.1) is 5.92 Å². The van der Waals surface area contributed by atoms with E-state index in [9.17, 15) is 0 Å². The second-order valence-corrected chi connectivity index (χ2v) is 6.35. The summed E-state index contributed by atoms with van der Waals surface area (Å²) in [5, 5.41) is 3.75. The number of hydrogen-bond acceptors (Lipinski definition) is 2. The van der Waals surface area contributed by atoms with E-state index in [1.165, 1.54) is 43.4 Å². The van der Waals surface area contributed by atoms with Gasteiger partial charge in [0.25, 0.3) is 0 Å². The van der Waals surface area contributed by atoms with Crippen molar-refractivity contribution >= 4 is 5.69 Å². The molecule has 1 aromatic carbocycles. The van der Waals surface area contributed by atoms with Gasteiger partial charge in [0, 0.05) is 31.4 Å². The summed E-state index contributed by atoms with van der Waals surface area (Å²) in [5.74, 6) is 0.983. The normalized spacial score (nSPS) is 22.2. The molecule has 1 aromatic rings. The van der Waals surface area contributed by atoms with Gasteiger partial charge < -0.3 is 10.2 Å². The van der Waals surface area contributed by atoms with E-state index < -0.39 is 0 Å². The lowest BCUT2D eigenvalue weighted by Gasteiger charge is -2.28.